The number of ketones is 1. The first-order valence-corrected chi connectivity index (χ1v) is 11.0. The predicted molar refractivity (Wildman–Crippen MR) is 108 cm³/mol. The molecule has 0 aliphatic carbocycles. The van der Waals surface area contributed by atoms with E-state index in [9.17, 15) is 9.59 Å². The SMILES string of the molecule is O=C(c1nccs1)C1CCN(C(=O)CCCc2nc3ccccc3s2)CC1. The number of hydrogen-bond acceptors (Lipinski definition) is 6. The van der Waals surface area contributed by atoms with Crippen LogP contribution >= 0.6 is 22.7 Å². The summed E-state index contributed by atoms with van der Waals surface area (Å²) in [6.07, 6.45) is 5.34. The van der Waals surface area contributed by atoms with Crippen molar-refractivity contribution in [2.75, 3.05) is 13.1 Å². The zero-order chi connectivity index (χ0) is 18.6. The number of piperidine rings is 1. The topological polar surface area (TPSA) is 63.2 Å². The van der Waals surface area contributed by atoms with Crippen LogP contribution in [0.3, 0.4) is 0 Å². The van der Waals surface area contributed by atoms with Crippen molar-refractivity contribution in [3.63, 3.8) is 0 Å². The molecule has 0 N–H and O–H groups in total. The number of hydrogen-bond donors (Lipinski definition) is 0. The van der Waals surface area contributed by atoms with Gasteiger partial charge in [0.05, 0.1) is 15.2 Å². The highest BCUT2D eigenvalue weighted by molar-refractivity contribution is 7.18. The average molecular weight is 400 g/mol. The first-order valence-electron chi connectivity index (χ1n) is 9.26. The first-order chi connectivity index (χ1) is 13.2. The van der Waals surface area contributed by atoms with Gasteiger partial charge in [-0.2, -0.15) is 0 Å². The number of aryl methyl sites for hydroxylation is 1. The molecule has 1 aliphatic heterocycles. The lowest BCUT2D eigenvalue weighted by atomic mass is 9.92. The number of likely N-dealkylation sites (tertiary alicyclic amines) is 1. The molecule has 3 aromatic rings. The van der Waals surface area contributed by atoms with Crippen LogP contribution < -0.4 is 0 Å². The van der Waals surface area contributed by atoms with Gasteiger partial charge in [-0.15, -0.1) is 22.7 Å². The van der Waals surface area contributed by atoms with Crippen molar-refractivity contribution < 1.29 is 9.59 Å². The van der Waals surface area contributed by atoms with Crippen LogP contribution in [0.5, 0.6) is 0 Å². The van der Waals surface area contributed by atoms with Gasteiger partial charge in [-0.05, 0) is 37.8 Å². The summed E-state index contributed by atoms with van der Waals surface area (Å²) in [5.74, 6) is 0.326. The van der Waals surface area contributed by atoms with Crippen LogP contribution in [0.2, 0.25) is 0 Å². The zero-order valence-electron chi connectivity index (χ0n) is 15.0. The molecule has 0 saturated carbocycles. The summed E-state index contributed by atoms with van der Waals surface area (Å²) < 4.78 is 1.20. The Kier molecular flexibility index (Phi) is 5.59. The molecule has 0 bridgehead atoms. The summed E-state index contributed by atoms with van der Waals surface area (Å²) in [5, 5.41) is 3.52. The minimum absolute atomic E-state index is 0.00273. The second-order valence-corrected chi connectivity index (χ2v) is 8.80. The van der Waals surface area contributed by atoms with Crippen molar-refractivity contribution in [1.82, 2.24) is 14.9 Å². The van der Waals surface area contributed by atoms with Gasteiger partial charge in [-0.1, -0.05) is 12.1 Å². The van der Waals surface area contributed by atoms with Crippen LogP contribution in [-0.4, -0.2) is 39.6 Å². The monoisotopic (exact) mass is 399 g/mol. The van der Waals surface area contributed by atoms with Crippen LogP contribution in [-0.2, 0) is 11.2 Å². The number of nitrogens with zero attached hydrogens (tertiary/aromatic N) is 3. The third kappa shape index (κ3) is 4.25. The van der Waals surface area contributed by atoms with Crippen LogP contribution in [0, 0.1) is 5.92 Å². The van der Waals surface area contributed by atoms with Crippen LogP contribution in [0.4, 0.5) is 0 Å². The van der Waals surface area contributed by atoms with Crippen molar-refractivity contribution in [2.24, 2.45) is 5.92 Å². The highest BCUT2D eigenvalue weighted by Gasteiger charge is 2.28. The fraction of sp³-hybridized carbons (Fsp3) is 0.400. The maximum atomic E-state index is 12.5. The fourth-order valence-electron chi connectivity index (χ4n) is 3.49. The average Bonchev–Trinajstić information content (AvgIpc) is 3.37. The van der Waals surface area contributed by atoms with Gasteiger partial charge in [0.1, 0.15) is 0 Å². The standard InChI is InChI=1S/C20H21N3O2S2/c24-18(7-3-6-17-22-15-4-1-2-5-16(15)27-17)23-11-8-14(9-12-23)19(25)20-21-10-13-26-20/h1-2,4-5,10,13-14H,3,6-9,11-12H2. The molecule has 0 radical (unpaired) electrons. The number of thiazole rings is 2. The number of amides is 1. The van der Waals surface area contributed by atoms with Crippen LogP contribution in [0.1, 0.15) is 40.5 Å². The van der Waals surface area contributed by atoms with Crippen molar-refractivity contribution in [2.45, 2.75) is 32.1 Å². The molecule has 5 nitrogen and oxygen atoms in total. The minimum Gasteiger partial charge on any atom is -0.343 e. The molecule has 0 atom stereocenters. The van der Waals surface area contributed by atoms with Crippen molar-refractivity contribution >= 4 is 44.6 Å². The van der Waals surface area contributed by atoms with Gasteiger partial charge >= 0.3 is 0 Å². The number of fused-ring (bicyclic) bond motifs is 1. The third-order valence-electron chi connectivity index (χ3n) is 4.98. The van der Waals surface area contributed by atoms with E-state index in [1.165, 1.54) is 16.0 Å². The molecule has 0 spiro atoms. The number of para-hydroxylation sites is 1. The summed E-state index contributed by atoms with van der Waals surface area (Å²) >= 11 is 3.10. The molecule has 7 heteroatoms. The second kappa shape index (κ2) is 8.27. The van der Waals surface area contributed by atoms with E-state index in [1.807, 2.05) is 28.5 Å². The van der Waals surface area contributed by atoms with Gasteiger partial charge in [0.2, 0.25) is 5.91 Å². The first kappa shape index (κ1) is 18.3. The van der Waals surface area contributed by atoms with E-state index >= 15 is 0 Å². The Bertz CT molecular complexity index is 895. The minimum atomic E-state index is 0.00273. The van der Waals surface area contributed by atoms with Gasteiger partial charge in [-0.25, -0.2) is 9.97 Å². The number of Topliss-reactive ketones (excluding diaryl/α,β-unsaturated/α-hetero) is 1. The molecule has 3 heterocycles. The maximum Gasteiger partial charge on any atom is 0.222 e. The Morgan fingerprint density at radius 1 is 1.19 bits per heavy atom. The van der Waals surface area contributed by atoms with Crippen LogP contribution in [0.25, 0.3) is 10.2 Å². The molecule has 1 aromatic carbocycles. The van der Waals surface area contributed by atoms with Gasteiger partial charge in [0, 0.05) is 37.0 Å². The molecule has 1 saturated heterocycles. The summed E-state index contributed by atoms with van der Waals surface area (Å²) in [5.41, 5.74) is 1.04. The fourth-order valence-corrected chi connectivity index (χ4v) is 5.15. The predicted octanol–water partition coefficient (Wildman–Crippen LogP) is 4.20. The normalized spacial score (nSPS) is 15.3. The molecule has 4 rings (SSSR count). The number of aromatic nitrogens is 2. The van der Waals surface area contributed by atoms with E-state index < -0.39 is 0 Å². The molecule has 1 amide bonds. The van der Waals surface area contributed by atoms with E-state index in [4.69, 9.17) is 0 Å². The number of benzene rings is 1. The molecule has 1 fully saturated rings. The lowest BCUT2D eigenvalue weighted by molar-refractivity contribution is -0.132. The van der Waals surface area contributed by atoms with E-state index in [-0.39, 0.29) is 17.6 Å². The Morgan fingerprint density at radius 2 is 2.00 bits per heavy atom. The summed E-state index contributed by atoms with van der Waals surface area (Å²) in [6, 6.07) is 8.13. The van der Waals surface area contributed by atoms with Crippen LogP contribution in [0.15, 0.2) is 35.8 Å². The Labute approximate surface area is 166 Å². The van der Waals surface area contributed by atoms with Gasteiger partial charge in [0.15, 0.2) is 10.8 Å². The molecular weight excluding hydrogens is 378 g/mol. The van der Waals surface area contributed by atoms with E-state index in [2.05, 4.69) is 16.0 Å². The number of rotatable bonds is 6. The molecule has 140 valence electrons. The zero-order valence-corrected chi connectivity index (χ0v) is 16.6. The number of carbonyl (C=O) groups is 2. The highest BCUT2D eigenvalue weighted by atomic mass is 32.1. The van der Waals surface area contributed by atoms with Gasteiger partial charge in [-0.3, -0.25) is 9.59 Å². The maximum absolute atomic E-state index is 12.5. The van der Waals surface area contributed by atoms with Gasteiger partial charge in [0.25, 0.3) is 0 Å². The Hall–Kier alpha value is -2.12. The third-order valence-corrected chi connectivity index (χ3v) is 6.86. The smallest absolute Gasteiger partial charge is 0.222 e. The van der Waals surface area contributed by atoms with E-state index in [1.54, 1.807) is 17.5 Å². The van der Waals surface area contributed by atoms with E-state index in [0.717, 1.165) is 36.2 Å². The summed E-state index contributed by atoms with van der Waals surface area (Å²) in [4.78, 5) is 35.5. The Morgan fingerprint density at radius 3 is 2.74 bits per heavy atom. The number of carbonyl (C=O) groups excluding carboxylic acids is 2. The molecule has 27 heavy (non-hydrogen) atoms. The quantitative estimate of drug-likeness (QED) is 0.583. The summed E-state index contributed by atoms with van der Waals surface area (Å²) in [6.45, 7) is 1.34. The van der Waals surface area contributed by atoms with E-state index in [0.29, 0.717) is 24.5 Å². The Balaban J connectivity index is 1.23. The molecule has 1 aliphatic rings. The lowest BCUT2D eigenvalue weighted by Gasteiger charge is -2.31. The van der Waals surface area contributed by atoms with Crippen molar-refractivity contribution in [1.29, 1.82) is 0 Å². The highest BCUT2D eigenvalue weighted by Crippen LogP contribution is 2.25. The molecule has 2 aromatic heterocycles. The summed E-state index contributed by atoms with van der Waals surface area (Å²) in [7, 11) is 0. The van der Waals surface area contributed by atoms with Gasteiger partial charge < -0.3 is 4.90 Å². The second-order valence-electron chi connectivity index (χ2n) is 6.79. The molecular formula is C20H21N3O2S2. The molecule has 0 unspecified atom stereocenters. The lowest BCUT2D eigenvalue weighted by Crippen LogP contribution is -2.40. The van der Waals surface area contributed by atoms with Crippen molar-refractivity contribution in [3.8, 4) is 0 Å². The van der Waals surface area contributed by atoms with Crippen molar-refractivity contribution in [3.05, 3.63) is 45.9 Å². The largest absolute Gasteiger partial charge is 0.343 e.